The van der Waals surface area contributed by atoms with Gasteiger partial charge in [-0.25, -0.2) is 9.59 Å². The first kappa shape index (κ1) is 12.8. The summed E-state index contributed by atoms with van der Waals surface area (Å²) in [5.41, 5.74) is 1.47. The fraction of sp³-hybridized carbons (Fsp3) is 0.167. The maximum absolute atomic E-state index is 11.4. The van der Waals surface area contributed by atoms with Crippen molar-refractivity contribution in [2.45, 2.75) is 6.92 Å². The molecule has 0 aliphatic heterocycles. The van der Waals surface area contributed by atoms with E-state index < -0.39 is 5.97 Å². The first-order chi connectivity index (χ1) is 8.04. The molecule has 0 saturated carbocycles. The van der Waals surface area contributed by atoms with E-state index >= 15 is 0 Å². The number of urea groups is 1. The molecular weight excluding hydrogens is 220 g/mol. The summed E-state index contributed by atoms with van der Waals surface area (Å²) in [6.45, 7) is 5.59. The van der Waals surface area contributed by atoms with Crippen LogP contribution >= 0.6 is 0 Å². The third-order valence-electron chi connectivity index (χ3n) is 2.13. The van der Waals surface area contributed by atoms with Gasteiger partial charge < -0.3 is 15.7 Å². The van der Waals surface area contributed by atoms with Crippen LogP contribution in [0.3, 0.4) is 0 Å². The molecule has 1 aromatic carbocycles. The van der Waals surface area contributed by atoms with Crippen molar-refractivity contribution in [2.75, 3.05) is 11.9 Å². The molecule has 0 unspecified atom stereocenters. The predicted molar refractivity (Wildman–Crippen MR) is 65.4 cm³/mol. The second-order valence-corrected chi connectivity index (χ2v) is 3.46. The van der Waals surface area contributed by atoms with Crippen LogP contribution in [0.2, 0.25) is 0 Å². The summed E-state index contributed by atoms with van der Waals surface area (Å²) in [6, 6.07) is 4.16. The molecule has 0 aromatic heterocycles. The third kappa shape index (κ3) is 3.64. The predicted octanol–water partition coefficient (Wildman–Crippen LogP) is 2.00. The van der Waals surface area contributed by atoms with Crippen LogP contribution in [0, 0.1) is 6.92 Å². The van der Waals surface area contributed by atoms with Crippen molar-refractivity contribution >= 4 is 17.7 Å². The Morgan fingerprint density at radius 1 is 1.47 bits per heavy atom. The highest BCUT2D eigenvalue weighted by Crippen LogP contribution is 2.16. The highest BCUT2D eigenvalue weighted by atomic mass is 16.4. The normalized spacial score (nSPS) is 9.47. The van der Waals surface area contributed by atoms with E-state index in [2.05, 4.69) is 17.2 Å². The number of aryl methyl sites for hydroxylation is 1. The summed E-state index contributed by atoms with van der Waals surface area (Å²) in [6.07, 6.45) is 1.57. The Balaban J connectivity index is 2.75. The minimum absolute atomic E-state index is 0.194. The minimum Gasteiger partial charge on any atom is -0.478 e. The smallest absolute Gasteiger partial charge is 0.335 e. The van der Waals surface area contributed by atoms with E-state index in [0.717, 1.165) is 0 Å². The molecule has 0 bridgehead atoms. The summed E-state index contributed by atoms with van der Waals surface area (Å²) in [5, 5.41) is 14.0. The Morgan fingerprint density at radius 2 is 2.18 bits per heavy atom. The van der Waals surface area contributed by atoms with E-state index in [1.54, 1.807) is 19.1 Å². The number of nitrogens with one attached hydrogen (secondary N) is 2. The molecule has 90 valence electrons. The highest BCUT2D eigenvalue weighted by Gasteiger charge is 2.07. The molecule has 17 heavy (non-hydrogen) atoms. The molecule has 0 aliphatic rings. The molecule has 0 saturated heterocycles. The van der Waals surface area contributed by atoms with Gasteiger partial charge in [0, 0.05) is 12.2 Å². The molecule has 0 spiro atoms. The zero-order valence-electron chi connectivity index (χ0n) is 9.49. The molecule has 1 rings (SSSR count). The Kier molecular flexibility index (Phi) is 4.28. The second kappa shape index (κ2) is 5.69. The van der Waals surface area contributed by atoms with Gasteiger partial charge in [-0.2, -0.15) is 0 Å². The van der Waals surface area contributed by atoms with E-state index in [0.29, 0.717) is 17.8 Å². The molecule has 0 aliphatic carbocycles. The van der Waals surface area contributed by atoms with Crippen molar-refractivity contribution in [3.8, 4) is 0 Å². The Morgan fingerprint density at radius 3 is 2.71 bits per heavy atom. The average molecular weight is 234 g/mol. The van der Waals surface area contributed by atoms with Crippen molar-refractivity contribution in [3.63, 3.8) is 0 Å². The van der Waals surface area contributed by atoms with E-state index in [9.17, 15) is 9.59 Å². The molecule has 0 heterocycles. The number of hydrogen-bond acceptors (Lipinski definition) is 2. The SMILES string of the molecule is C=CCNC(=O)Nc1ccc(C(=O)O)cc1C. The number of carbonyl (C=O) groups is 2. The minimum atomic E-state index is -0.990. The van der Waals surface area contributed by atoms with Gasteiger partial charge in [-0.05, 0) is 30.7 Å². The highest BCUT2D eigenvalue weighted by molar-refractivity contribution is 5.92. The van der Waals surface area contributed by atoms with Crippen LogP contribution in [0.4, 0.5) is 10.5 Å². The lowest BCUT2D eigenvalue weighted by molar-refractivity contribution is 0.0697. The van der Waals surface area contributed by atoms with Crippen LogP contribution in [0.15, 0.2) is 30.9 Å². The third-order valence-corrected chi connectivity index (χ3v) is 2.13. The van der Waals surface area contributed by atoms with Crippen LogP contribution in [0.25, 0.3) is 0 Å². The van der Waals surface area contributed by atoms with Gasteiger partial charge in [0.05, 0.1) is 5.56 Å². The topological polar surface area (TPSA) is 78.4 Å². The van der Waals surface area contributed by atoms with Gasteiger partial charge in [0.25, 0.3) is 0 Å². The number of carboxylic acids is 1. The molecule has 1 aromatic rings. The number of benzene rings is 1. The number of rotatable bonds is 4. The van der Waals surface area contributed by atoms with Gasteiger partial charge in [-0.15, -0.1) is 6.58 Å². The number of aromatic carboxylic acids is 1. The molecule has 0 atom stereocenters. The van der Waals surface area contributed by atoms with Gasteiger partial charge in [0.1, 0.15) is 0 Å². The summed E-state index contributed by atoms with van der Waals surface area (Å²) < 4.78 is 0. The van der Waals surface area contributed by atoms with Gasteiger partial charge in [-0.3, -0.25) is 0 Å². The first-order valence-electron chi connectivity index (χ1n) is 5.04. The van der Waals surface area contributed by atoms with Crippen molar-refractivity contribution in [1.82, 2.24) is 5.32 Å². The number of hydrogen-bond donors (Lipinski definition) is 3. The molecule has 0 radical (unpaired) electrons. The molecule has 2 amide bonds. The quantitative estimate of drug-likeness (QED) is 0.697. The Labute approximate surface area is 99.1 Å². The molecular formula is C12H14N2O3. The van der Waals surface area contributed by atoms with Crippen LogP contribution < -0.4 is 10.6 Å². The maximum Gasteiger partial charge on any atom is 0.335 e. The Hall–Kier alpha value is -2.30. The van der Waals surface area contributed by atoms with Crippen molar-refractivity contribution in [1.29, 1.82) is 0 Å². The van der Waals surface area contributed by atoms with Crippen molar-refractivity contribution in [2.24, 2.45) is 0 Å². The fourth-order valence-corrected chi connectivity index (χ4v) is 1.27. The van der Waals surface area contributed by atoms with Gasteiger partial charge in [-0.1, -0.05) is 6.08 Å². The van der Waals surface area contributed by atoms with Crippen LogP contribution in [-0.4, -0.2) is 23.7 Å². The number of carboxylic acid groups (broad SMARTS) is 1. The first-order valence-corrected chi connectivity index (χ1v) is 5.04. The molecule has 0 fully saturated rings. The summed E-state index contributed by atoms with van der Waals surface area (Å²) >= 11 is 0. The van der Waals surface area contributed by atoms with E-state index in [4.69, 9.17) is 5.11 Å². The van der Waals surface area contributed by atoms with E-state index in [1.807, 2.05) is 0 Å². The average Bonchev–Trinajstić information content (AvgIpc) is 2.28. The monoisotopic (exact) mass is 234 g/mol. The maximum atomic E-state index is 11.4. The zero-order chi connectivity index (χ0) is 12.8. The lowest BCUT2D eigenvalue weighted by atomic mass is 10.1. The van der Waals surface area contributed by atoms with Gasteiger partial charge in [0.15, 0.2) is 0 Å². The van der Waals surface area contributed by atoms with Crippen LogP contribution in [-0.2, 0) is 0 Å². The summed E-state index contributed by atoms with van der Waals surface area (Å²) in [4.78, 5) is 22.1. The molecule has 3 N–H and O–H groups in total. The van der Waals surface area contributed by atoms with Crippen LogP contribution in [0.1, 0.15) is 15.9 Å². The molecule has 5 heteroatoms. The largest absolute Gasteiger partial charge is 0.478 e. The van der Waals surface area contributed by atoms with Gasteiger partial charge >= 0.3 is 12.0 Å². The number of amides is 2. The lowest BCUT2D eigenvalue weighted by Crippen LogP contribution is -2.28. The van der Waals surface area contributed by atoms with E-state index in [-0.39, 0.29) is 11.6 Å². The Bertz CT molecular complexity index is 455. The van der Waals surface area contributed by atoms with Crippen molar-refractivity contribution in [3.05, 3.63) is 42.0 Å². The second-order valence-electron chi connectivity index (χ2n) is 3.46. The molecule has 5 nitrogen and oxygen atoms in total. The van der Waals surface area contributed by atoms with Crippen LogP contribution in [0.5, 0.6) is 0 Å². The van der Waals surface area contributed by atoms with E-state index in [1.165, 1.54) is 12.1 Å². The summed E-state index contributed by atoms with van der Waals surface area (Å²) in [7, 11) is 0. The lowest BCUT2D eigenvalue weighted by Gasteiger charge is -2.09. The standard InChI is InChI=1S/C12H14N2O3/c1-3-6-13-12(17)14-10-5-4-9(11(15)16)7-8(10)2/h3-5,7H,1,6H2,2H3,(H,15,16)(H2,13,14,17). The number of anilines is 1. The number of carbonyl (C=O) groups excluding carboxylic acids is 1. The zero-order valence-corrected chi connectivity index (χ0v) is 9.49. The van der Waals surface area contributed by atoms with Crippen molar-refractivity contribution < 1.29 is 14.7 Å². The van der Waals surface area contributed by atoms with Gasteiger partial charge in [0.2, 0.25) is 0 Å². The fourth-order valence-electron chi connectivity index (χ4n) is 1.27. The summed E-state index contributed by atoms with van der Waals surface area (Å²) in [5.74, 6) is -0.990.